The maximum Gasteiger partial charge on any atom is 0.160 e. The molecule has 0 unspecified atom stereocenters. The van der Waals surface area contributed by atoms with Gasteiger partial charge in [-0.2, -0.15) is 0 Å². The molecule has 2 heterocycles. The molecule has 74 valence electrons. The van der Waals surface area contributed by atoms with Gasteiger partial charge in [0.25, 0.3) is 0 Å². The molecular formula is C10H12ClN3. The van der Waals surface area contributed by atoms with Crippen LogP contribution in [0.3, 0.4) is 0 Å². The van der Waals surface area contributed by atoms with Crippen molar-refractivity contribution >= 4 is 22.8 Å². The largest absolute Gasteiger partial charge is 0.312 e. The number of pyridine rings is 1. The van der Waals surface area contributed by atoms with Crippen LogP contribution in [0.1, 0.15) is 18.3 Å². The molecule has 0 saturated heterocycles. The van der Waals surface area contributed by atoms with Crippen molar-refractivity contribution in [1.29, 1.82) is 0 Å². The molecule has 0 bridgehead atoms. The summed E-state index contributed by atoms with van der Waals surface area (Å²) in [6, 6.07) is 1.97. The molecule has 0 aromatic carbocycles. The highest BCUT2D eigenvalue weighted by Gasteiger charge is 2.10. The van der Waals surface area contributed by atoms with E-state index in [2.05, 4.69) is 21.5 Å². The van der Waals surface area contributed by atoms with E-state index in [9.17, 15) is 0 Å². The summed E-state index contributed by atoms with van der Waals surface area (Å²) in [4.78, 5) is 8.79. The van der Waals surface area contributed by atoms with Gasteiger partial charge in [-0.1, -0.05) is 0 Å². The third-order valence-electron chi connectivity index (χ3n) is 2.35. The van der Waals surface area contributed by atoms with Crippen molar-refractivity contribution in [3.8, 4) is 0 Å². The van der Waals surface area contributed by atoms with E-state index in [4.69, 9.17) is 11.6 Å². The highest BCUT2D eigenvalue weighted by atomic mass is 35.5. The van der Waals surface area contributed by atoms with Crippen molar-refractivity contribution in [3.63, 3.8) is 0 Å². The predicted molar refractivity (Wildman–Crippen MR) is 57.5 cm³/mol. The van der Waals surface area contributed by atoms with E-state index in [0.29, 0.717) is 5.88 Å². The normalized spacial score (nSPS) is 11.1. The summed E-state index contributed by atoms with van der Waals surface area (Å²) in [5.41, 5.74) is 3.04. The van der Waals surface area contributed by atoms with Crippen molar-refractivity contribution in [2.24, 2.45) is 0 Å². The van der Waals surface area contributed by atoms with Gasteiger partial charge in [0.2, 0.25) is 0 Å². The molecule has 2 aromatic heterocycles. The number of aryl methyl sites for hydroxylation is 2. The topological polar surface area (TPSA) is 30.7 Å². The average molecular weight is 210 g/mol. The lowest BCUT2D eigenvalue weighted by Gasteiger charge is -2.01. The van der Waals surface area contributed by atoms with Gasteiger partial charge in [0, 0.05) is 12.7 Å². The molecule has 2 aromatic rings. The van der Waals surface area contributed by atoms with Gasteiger partial charge in [-0.15, -0.1) is 11.6 Å². The van der Waals surface area contributed by atoms with E-state index in [1.165, 1.54) is 0 Å². The Hall–Kier alpha value is -1.09. The van der Waals surface area contributed by atoms with Gasteiger partial charge in [-0.25, -0.2) is 9.97 Å². The van der Waals surface area contributed by atoms with Crippen LogP contribution in [0.5, 0.6) is 0 Å². The van der Waals surface area contributed by atoms with Crippen LogP contribution in [0, 0.1) is 6.92 Å². The van der Waals surface area contributed by atoms with Crippen LogP contribution in [-0.4, -0.2) is 14.5 Å². The molecule has 0 aliphatic heterocycles. The number of nitrogens with zero attached hydrogens (tertiary/aromatic N) is 3. The number of rotatable bonds is 2. The molecule has 0 atom stereocenters. The number of aromatic nitrogens is 3. The summed E-state index contributed by atoms with van der Waals surface area (Å²) >= 11 is 5.82. The number of imidazole rings is 1. The smallest absolute Gasteiger partial charge is 0.160 e. The van der Waals surface area contributed by atoms with Gasteiger partial charge in [0.1, 0.15) is 11.3 Å². The molecule has 0 aliphatic carbocycles. The molecule has 0 aliphatic rings. The molecule has 2 rings (SSSR count). The van der Waals surface area contributed by atoms with Crippen LogP contribution in [0.15, 0.2) is 12.3 Å². The first-order valence-corrected chi connectivity index (χ1v) is 5.18. The molecule has 3 nitrogen and oxygen atoms in total. The molecule has 0 N–H and O–H groups in total. The minimum absolute atomic E-state index is 0.434. The average Bonchev–Trinajstić information content (AvgIpc) is 2.57. The maximum atomic E-state index is 5.82. The summed E-state index contributed by atoms with van der Waals surface area (Å²) in [6.07, 6.45) is 1.81. The zero-order chi connectivity index (χ0) is 10.1. The minimum Gasteiger partial charge on any atom is -0.312 e. The lowest BCUT2D eigenvalue weighted by atomic mass is 10.3. The Balaban J connectivity index is 2.79. The lowest BCUT2D eigenvalue weighted by Crippen LogP contribution is -2.00. The maximum absolute atomic E-state index is 5.82. The molecule has 14 heavy (non-hydrogen) atoms. The summed E-state index contributed by atoms with van der Waals surface area (Å²) in [5.74, 6) is 1.33. The third-order valence-corrected chi connectivity index (χ3v) is 2.59. The predicted octanol–water partition coefficient (Wildman–Crippen LogP) is 2.50. The fraction of sp³-hybridized carbons (Fsp3) is 0.400. The molecule has 0 fully saturated rings. The molecule has 0 amide bonds. The van der Waals surface area contributed by atoms with Gasteiger partial charge >= 0.3 is 0 Å². The molecule has 0 saturated carbocycles. The second-order valence-electron chi connectivity index (χ2n) is 3.21. The zero-order valence-electron chi connectivity index (χ0n) is 8.29. The van der Waals surface area contributed by atoms with E-state index < -0.39 is 0 Å². The quantitative estimate of drug-likeness (QED) is 0.712. The Morgan fingerprint density at radius 3 is 2.93 bits per heavy atom. The first-order chi connectivity index (χ1) is 6.77. The van der Waals surface area contributed by atoms with E-state index in [0.717, 1.165) is 29.1 Å². The molecule has 0 spiro atoms. The van der Waals surface area contributed by atoms with Crippen LogP contribution in [0.25, 0.3) is 11.2 Å². The van der Waals surface area contributed by atoms with E-state index in [1.807, 2.05) is 19.2 Å². The molecule has 4 heteroatoms. The van der Waals surface area contributed by atoms with Crippen LogP contribution in [0.2, 0.25) is 0 Å². The first-order valence-electron chi connectivity index (χ1n) is 4.64. The Morgan fingerprint density at radius 2 is 2.29 bits per heavy atom. The Labute approximate surface area is 87.7 Å². The summed E-state index contributed by atoms with van der Waals surface area (Å²) in [7, 11) is 0. The van der Waals surface area contributed by atoms with Crippen LogP contribution in [0.4, 0.5) is 0 Å². The number of hydrogen-bond acceptors (Lipinski definition) is 2. The number of fused-ring (bicyclic) bond motifs is 1. The fourth-order valence-electron chi connectivity index (χ4n) is 1.62. The van der Waals surface area contributed by atoms with Gasteiger partial charge in [0.05, 0.1) is 5.88 Å². The summed E-state index contributed by atoms with van der Waals surface area (Å²) in [6.45, 7) is 4.96. The van der Waals surface area contributed by atoms with E-state index in [-0.39, 0.29) is 0 Å². The Morgan fingerprint density at radius 1 is 1.50 bits per heavy atom. The van der Waals surface area contributed by atoms with E-state index in [1.54, 1.807) is 0 Å². The van der Waals surface area contributed by atoms with Crippen LogP contribution < -0.4 is 0 Å². The Kier molecular flexibility index (Phi) is 2.42. The lowest BCUT2D eigenvalue weighted by molar-refractivity contribution is 0.740. The van der Waals surface area contributed by atoms with Crippen molar-refractivity contribution < 1.29 is 0 Å². The SMILES string of the molecule is CCn1c(CCl)nc2c(C)ccnc21. The number of hydrogen-bond donors (Lipinski definition) is 0. The second-order valence-corrected chi connectivity index (χ2v) is 3.47. The number of halogens is 1. The number of alkyl halides is 1. The van der Waals surface area contributed by atoms with Gasteiger partial charge in [-0.3, -0.25) is 0 Å². The second kappa shape index (κ2) is 3.58. The zero-order valence-corrected chi connectivity index (χ0v) is 9.04. The first kappa shape index (κ1) is 9.46. The van der Waals surface area contributed by atoms with Crippen LogP contribution >= 0.6 is 11.6 Å². The van der Waals surface area contributed by atoms with Crippen molar-refractivity contribution in [1.82, 2.24) is 14.5 Å². The third kappa shape index (κ3) is 1.28. The van der Waals surface area contributed by atoms with Gasteiger partial charge in [0.15, 0.2) is 5.65 Å². The summed E-state index contributed by atoms with van der Waals surface area (Å²) < 4.78 is 2.05. The summed E-state index contributed by atoms with van der Waals surface area (Å²) in [5, 5.41) is 0. The Bertz CT molecular complexity index is 462. The fourth-order valence-corrected chi connectivity index (χ4v) is 1.82. The standard InChI is InChI=1S/C10H12ClN3/c1-3-14-8(6-11)13-9-7(2)4-5-12-10(9)14/h4-5H,3,6H2,1-2H3. The van der Waals surface area contributed by atoms with Crippen molar-refractivity contribution in [2.75, 3.05) is 0 Å². The van der Waals surface area contributed by atoms with Gasteiger partial charge < -0.3 is 4.57 Å². The highest BCUT2D eigenvalue weighted by molar-refractivity contribution is 6.16. The molecular weight excluding hydrogens is 198 g/mol. The molecule has 0 radical (unpaired) electrons. The highest BCUT2D eigenvalue weighted by Crippen LogP contribution is 2.18. The van der Waals surface area contributed by atoms with Gasteiger partial charge in [-0.05, 0) is 25.5 Å². The van der Waals surface area contributed by atoms with E-state index >= 15 is 0 Å². The van der Waals surface area contributed by atoms with Crippen molar-refractivity contribution in [3.05, 3.63) is 23.7 Å². The monoisotopic (exact) mass is 209 g/mol. The van der Waals surface area contributed by atoms with Crippen LogP contribution in [-0.2, 0) is 12.4 Å². The van der Waals surface area contributed by atoms with Crippen molar-refractivity contribution in [2.45, 2.75) is 26.3 Å². The minimum atomic E-state index is 0.434.